The highest BCUT2D eigenvalue weighted by molar-refractivity contribution is 5.64. The molecule has 2 N–H and O–H groups in total. The summed E-state index contributed by atoms with van der Waals surface area (Å²) in [5.41, 5.74) is 1.33. The number of hydrogen-bond donors (Lipinski definition) is 2. The van der Waals surface area contributed by atoms with Gasteiger partial charge in [-0.15, -0.1) is 0 Å². The van der Waals surface area contributed by atoms with E-state index < -0.39 is 6.09 Å². The van der Waals surface area contributed by atoms with E-state index in [1.54, 1.807) is 0 Å². The van der Waals surface area contributed by atoms with Crippen LogP contribution in [0, 0.1) is 0 Å². The summed E-state index contributed by atoms with van der Waals surface area (Å²) >= 11 is 0. The summed E-state index contributed by atoms with van der Waals surface area (Å²) in [6.07, 6.45) is 3.11. The molecule has 0 bridgehead atoms. The molecule has 1 fully saturated rings. The van der Waals surface area contributed by atoms with Gasteiger partial charge < -0.3 is 10.4 Å². The van der Waals surface area contributed by atoms with E-state index in [9.17, 15) is 4.79 Å². The van der Waals surface area contributed by atoms with Gasteiger partial charge in [-0.25, -0.2) is 4.79 Å². The third-order valence-corrected chi connectivity index (χ3v) is 3.92. The Morgan fingerprint density at radius 1 is 1.26 bits per heavy atom. The average molecular weight is 262 g/mol. The maximum Gasteiger partial charge on any atom is 0.404 e. The van der Waals surface area contributed by atoms with E-state index >= 15 is 0 Å². The molecule has 1 amide bonds. The summed E-state index contributed by atoms with van der Waals surface area (Å²) in [7, 11) is 2.16. The van der Waals surface area contributed by atoms with Crippen LogP contribution in [0.3, 0.4) is 0 Å². The van der Waals surface area contributed by atoms with Gasteiger partial charge in [-0.2, -0.15) is 0 Å². The van der Waals surface area contributed by atoms with Crippen LogP contribution in [0.15, 0.2) is 30.3 Å². The number of hydrogen-bond acceptors (Lipinski definition) is 2. The van der Waals surface area contributed by atoms with Crippen LogP contribution in [0.1, 0.15) is 31.2 Å². The Bertz CT molecular complexity index is 400. The van der Waals surface area contributed by atoms with Gasteiger partial charge in [0.1, 0.15) is 0 Å². The molecule has 0 aromatic heterocycles. The molecular weight excluding hydrogens is 240 g/mol. The Hall–Kier alpha value is -1.55. The molecular formula is C15H22N2O2. The first-order valence-corrected chi connectivity index (χ1v) is 6.89. The number of carboxylic acid groups (broad SMARTS) is 1. The van der Waals surface area contributed by atoms with Crippen molar-refractivity contribution in [3.05, 3.63) is 35.9 Å². The number of rotatable bonds is 4. The van der Waals surface area contributed by atoms with E-state index in [-0.39, 0.29) is 6.04 Å². The zero-order chi connectivity index (χ0) is 13.7. The Morgan fingerprint density at radius 3 is 2.47 bits per heavy atom. The summed E-state index contributed by atoms with van der Waals surface area (Å²) in [5, 5.41) is 11.3. The molecule has 4 heteroatoms. The van der Waals surface area contributed by atoms with Crippen LogP contribution < -0.4 is 5.32 Å². The second-order valence-corrected chi connectivity index (χ2v) is 5.36. The number of amides is 1. The maximum absolute atomic E-state index is 10.6. The lowest BCUT2D eigenvalue weighted by molar-refractivity contribution is 0.156. The second kappa shape index (κ2) is 6.57. The van der Waals surface area contributed by atoms with Gasteiger partial charge in [-0.1, -0.05) is 30.3 Å². The maximum atomic E-state index is 10.6. The van der Waals surface area contributed by atoms with Crippen molar-refractivity contribution in [3.8, 4) is 0 Å². The van der Waals surface area contributed by atoms with Gasteiger partial charge in [0.25, 0.3) is 0 Å². The first-order valence-electron chi connectivity index (χ1n) is 6.89. The lowest BCUT2D eigenvalue weighted by atomic mass is 9.90. The molecule has 0 aliphatic heterocycles. The molecule has 0 saturated heterocycles. The van der Waals surface area contributed by atoms with Gasteiger partial charge in [-0.3, -0.25) is 4.90 Å². The highest BCUT2D eigenvalue weighted by atomic mass is 16.4. The summed E-state index contributed by atoms with van der Waals surface area (Å²) in [6, 6.07) is 11.2. The van der Waals surface area contributed by atoms with Crippen LogP contribution in [-0.4, -0.2) is 35.2 Å². The topological polar surface area (TPSA) is 52.6 Å². The SMILES string of the molecule is CN(Cc1ccccc1)C1CCC(NC(=O)O)CC1. The normalized spacial score (nSPS) is 23.3. The van der Waals surface area contributed by atoms with Crippen molar-refractivity contribution in [2.24, 2.45) is 0 Å². The molecule has 1 aliphatic carbocycles. The molecule has 104 valence electrons. The van der Waals surface area contributed by atoms with Gasteiger partial charge >= 0.3 is 6.09 Å². The molecule has 4 nitrogen and oxygen atoms in total. The first-order chi connectivity index (χ1) is 9.15. The van der Waals surface area contributed by atoms with E-state index in [1.165, 1.54) is 5.56 Å². The van der Waals surface area contributed by atoms with Crippen LogP contribution >= 0.6 is 0 Å². The summed E-state index contributed by atoms with van der Waals surface area (Å²) in [6.45, 7) is 0.961. The van der Waals surface area contributed by atoms with Gasteiger partial charge in [0.2, 0.25) is 0 Å². The van der Waals surface area contributed by atoms with Crippen LogP contribution in [-0.2, 0) is 6.54 Å². The van der Waals surface area contributed by atoms with Crippen molar-refractivity contribution < 1.29 is 9.90 Å². The Kier molecular flexibility index (Phi) is 4.80. The van der Waals surface area contributed by atoms with E-state index in [1.807, 2.05) is 6.07 Å². The van der Waals surface area contributed by atoms with Crippen molar-refractivity contribution in [1.82, 2.24) is 10.2 Å². The van der Waals surface area contributed by atoms with Gasteiger partial charge in [-0.05, 0) is 38.3 Å². The fourth-order valence-corrected chi connectivity index (χ4v) is 2.84. The predicted octanol–water partition coefficient (Wildman–Crippen LogP) is 2.70. The minimum atomic E-state index is -0.902. The first kappa shape index (κ1) is 13.9. The number of nitrogens with zero attached hydrogens (tertiary/aromatic N) is 1. The molecule has 2 rings (SSSR count). The Labute approximate surface area is 114 Å². The monoisotopic (exact) mass is 262 g/mol. The number of benzene rings is 1. The molecule has 1 aromatic carbocycles. The second-order valence-electron chi connectivity index (χ2n) is 5.36. The molecule has 1 aromatic rings. The fourth-order valence-electron chi connectivity index (χ4n) is 2.84. The zero-order valence-electron chi connectivity index (χ0n) is 11.4. The molecule has 0 heterocycles. The quantitative estimate of drug-likeness (QED) is 0.877. The van der Waals surface area contributed by atoms with Crippen molar-refractivity contribution in [2.45, 2.75) is 44.3 Å². The third-order valence-electron chi connectivity index (χ3n) is 3.92. The summed E-state index contributed by atoms with van der Waals surface area (Å²) in [4.78, 5) is 13.0. The molecule has 1 saturated carbocycles. The highest BCUT2D eigenvalue weighted by Crippen LogP contribution is 2.23. The predicted molar refractivity (Wildman–Crippen MR) is 75.1 cm³/mol. The fraction of sp³-hybridized carbons (Fsp3) is 0.533. The van der Waals surface area contributed by atoms with Crippen molar-refractivity contribution in [1.29, 1.82) is 0 Å². The minimum absolute atomic E-state index is 0.138. The van der Waals surface area contributed by atoms with Gasteiger partial charge in [0.05, 0.1) is 0 Å². The molecule has 0 radical (unpaired) electrons. The molecule has 0 unspecified atom stereocenters. The number of carbonyl (C=O) groups is 1. The molecule has 0 atom stereocenters. The average Bonchev–Trinajstić information content (AvgIpc) is 2.40. The van der Waals surface area contributed by atoms with Crippen LogP contribution in [0.2, 0.25) is 0 Å². The van der Waals surface area contributed by atoms with Crippen LogP contribution in [0.5, 0.6) is 0 Å². The lowest BCUT2D eigenvalue weighted by Crippen LogP contribution is -2.42. The van der Waals surface area contributed by atoms with Crippen LogP contribution in [0.4, 0.5) is 4.79 Å². The van der Waals surface area contributed by atoms with Crippen molar-refractivity contribution in [2.75, 3.05) is 7.05 Å². The molecule has 0 spiro atoms. The molecule has 19 heavy (non-hydrogen) atoms. The summed E-state index contributed by atoms with van der Waals surface area (Å²) in [5.74, 6) is 0. The van der Waals surface area contributed by atoms with Crippen molar-refractivity contribution in [3.63, 3.8) is 0 Å². The molecule has 1 aliphatic rings. The number of nitrogens with one attached hydrogen (secondary N) is 1. The zero-order valence-corrected chi connectivity index (χ0v) is 11.4. The highest BCUT2D eigenvalue weighted by Gasteiger charge is 2.24. The van der Waals surface area contributed by atoms with E-state index in [4.69, 9.17) is 5.11 Å². The van der Waals surface area contributed by atoms with Gasteiger partial charge in [0, 0.05) is 18.6 Å². The van der Waals surface area contributed by atoms with Crippen LogP contribution in [0.25, 0.3) is 0 Å². The Morgan fingerprint density at radius 2 is 1.89 bits per heavy atom. The lowest BCUT2D eigenvalue weighted by Gasteiger charge is -2.34. The van der Waals surface area contributed by atoms with Crippen molar-refractivity contribution >= 4 is 6.09 Å². The van der Waals surface area contributed by atoms with Gasteiger partial charge in [0.15, 0.2) is 0 Å². The largest absolute Gasteiger partial charge is 0.465 e. The van der Waals surface area contributed by atoms with E-state index in [2.05, 4.69) is 41.5 Å². The minimum Gasteiger partial charge on any atom is -0.465 e. The van der Waals surface area contributed by atoms with E-state index in [0.717, 1.165) is 32.2 Å². The smallest absolute Gasteiger partial charge is 0.404 e. The summed E-state index contributed by atoms with van der Waals surface area (Å²) < 4.78 is 0. The third kappa shape index (κ3) is 4.24. The standard InChI is InChI=1S/C15H22N2O2/c1-17(11-12-5-3-2-4-6-12)14-9-7-13(8-10-14)16-15(18)19/h2-6,13-14,16H,7-11H2,1H3,(H,18,19). The Balaban J connectivity index is 1.79. The van der Waals surface area contributed by atoms with E-state index in [0.29, 0.717) is 6.04 Å².